The second kappa shape index (κ2) is 9.72. The zero-order valence-electron chi connectivity index (χ0n) is 16.8. The van der Waals surface area contributed by atoms with Crippen molar-refractivity contribution in [1.82, 2.24) is 4.98 Å². The Morgan fingerprint density at radius 3 is 2.70 bits per heavy atom. The van der Waals surface area contributed by atoms with E-state index in [4.69, 9.17) is 0 Å². The summed E-state index contributed by atoms with van der Waals surface area (Å²) in [6.07, 6.45) is 5.50. The highest BCUT2D eigenvalue weighted by molar-refractivity contribution is 7.98. The van der Waals surface area contributed by atoms with Crippen molar-refractivity contribution in [2.45, 2.75) is 42.9 Å². The van der Waals surface area contributed by atoms with Crippen LogP contribution in [-0.2, 0) is 23.4 Å². The van der Waals surface area contributed by atoms with Gasteiger partial charge in [-0.25, -0.2) is 4.98 Å². The summed E-state index contributed by atoms with van der Waals surface area (Å²) in [7, 11) is 0. The van der Waals surface area contributed by atoms with Crippen molar-refractivity contribution in [2.24, 2.45) is 0 Å². The van der Waals surface area contributed by atoms with E-state index in [2.05, 4.69) is 16.4 Å². The number of fused-ring (bicyclic) bond motifs is 1. The van der Waals surface area contributed by atoms with Gasteiger partial charge >= 0.3 is 0 Å². The average molecular weight is 417 g/mol. The maximum absolute atomic E-state index is 12.5. The molecule has 0 saturated carbocycles. The maximum Gasteiger partial charge on any atom is 0.224 e. The van der Waals surface area contributed by atoms with Crippen molar-refractivity contribution in [3.8, 4) is 0 Å². The Bertz CT molecular complexity index is 1050. The fourth-order valence-electron chi connectivity index (χ4n) is 3.67. The van der Waals surface area contributed by atoms with E-state index in [1.165, 1.54) is 11.1 Å². The van der Waals surface area contributed by atoms with Gasteiger partial charge in [-0.15, -0.1) is 11.8 Å². The van der Waals surface area contributed by atoms with Gasteiger partial charge in [-0.2, -0.15) is 0 Å². The monoisotopic (exact) mass is 416 g/mol. The van der Waals surface area contributed by atoms with Crippen molar-refractivity contribution in [3.05, 3.63) is 89.1 Å². The summed E-state index contributed by atoms with van der Waals surface area (Å²) in [5, 5.41) is 3.88. The zero-order chi connectivity index (χ0) is 20.8. The van der Waals surface area contributed by atoms with Gasteiger partial charge < -0.3 is 5.32 Å². The number of carbonyl (C=O) groups excluding carboxylic acids is 2. The molecule has 2 aromatic carbocycles. The number of aromatic nitrogens is 1. The number of pyridine rings is 1. The van der Waals surface area contributed by atoms with Gasteiger partial charge in [0.1, 0.15) is 0 Å². The normalized spacial score (nSPS) is 12.4. The summed E-state index contributed by atoms with van der Waals surface area (Å²) in [6, 6.07) is 19.6. The van der Waals surface area contributed by atoms with E-state index in [1.807, 2.05) is 54.6 Å². The van der Waals surface area contributed by atoms with Crippen LogP contribution in [0.25, 0.3) is 0 Å². The molecule has 0 bridgehead atoms. The number of nitrogens with zero attached hydrogens (tertiary/aromatic N) is 1. The number of benzene rings is 2. The molecule has 4 nitrogen and oxygen atoms in total. The van der Waals surface area contributed by atoms with Gasteiger partial charge in [0.15, 0.2) is 5.78 Å². The summed E-state index contributed by atoms with van der Waals surface area (Å²) in [5.74, 6) is 0.664. The molecule has 152 valence electrons. The second-order valence-corrected chi connectivity index (χ2v) is 8.46. The molecular weight excluding hydrogens is 392 g/mol. The number of thioether (sulfide) groups is 1. The summed E-state index contributed by atoms with van der Waals surface area (Å²) >= 11 is 1.65. The Labute approximate surface area is 181 Å². The van der Waals surface area contributed by atoms with Crippen LogP contribution in [0.15, 0.2) is 71.9 Å². The van der Waals surface area contributed by atoms with Crippen LogP contribution in [0, 0.1) is 0 Å². The van der Waals surface area contributed by atoms with Crippen LogP contribution >= 0.6 is 11.8 Å². The zero-order valence-corrected chi connectivity index (χ0v) is 17.6. The van der Waals surface area contributed by atoms with E-state index in [1.54, 1.807) is 18.0 Å². The molecule has 5 heteroatoms. The number of ketones is 1. The molecule has 1 aliphatic carbocycles. The van der Waals surface area contributed by atoms with Crippen LogP contribution in [0.4, 0.5) is 5.69 Å². The molecule has 0 unspecified atom stereocenters. The van der Waals surface area contributed by atoms with Gasteiger partial charge in [-0.3, -0.25) is 9.59 Å². The molecule has 0 spiro atoms. The summed E-state index contributed by atoms with van der Waals surface area (Å²) < 4.78 is 0. The Morgan fingerprint density at radius 1 is 0.933 bits per heavy atom. The molecule has 0 fully saturated rings. The number of hydrogen-bond donors (Lipinski definition) is 1. The van der Waals surface area contributed by atoms with Crippen LogP contribution in [0.1, 0.15) is 46.3 Å². The van der Waals surface area contributed by atoms with Gasteiger partial charge in [0, 0.05) is 36.0 Å². The fourth-order valence-corrected chi connectivity index (χ4v) is 4.47. The first-order valence-corrected chi connectivity index (χ1v) is 11.2. The molecule has 1 aliphatic rings. The highest BCUT2D eigenvalue weighted by atomic mass is 32.2. The first-order chi connectivity index (χ1) is 14.7. The standard InChI is InChI=1S/C25H24N2O2S/c28-23(21-11-10-19-6-4-7-20(19)16-21)12-13-24(29)27-22-8-3-5-18(15-22)17-30-25-9-1-2-14-26-25/h1-3,5,8-11,14-16H,4,6-7,12-13,17H2,(H,27,29). The second-order valence-electron chi connectivity index (χ2n) is 7.47. The molecule has 1 amide bonds. The van der Waals surface area contributed by atoms with Gasteiger partial charge in [0.25, 0.3) is 0 Å². The van der Waals surface area contributed by atoms with Gasteiger partial charge in [0.05, 0.1) is 5.03 Å². The Balaban J connectivity index is 1.28. The average Bonchev–Trinajstić information content (AvgIpc) is 3.25. The molecule has 0 atom stereocenters. The molecule has 4 rings (SSSR count). The number of nitrogens with one attached hydrogen (secondary N) is 1. The third-order valence-electron chi connectivity index (χ3n) is 5.23. The van der Waals surface area contributed by atoms with Crippen LogP contribution < -0.4 is 5.32 Å². The minimum absolute atomic E-state index is 0.0281. The topological polar surface area (TPSA) is 59.1 Å². The van der Waals surface area contributed by atoms with E-state index >= 15 is 0 Å². The van der Waals surface area contributed by atoms with Crippen molar-refractivity contribution in [3.63, 3.8) is 0 Å². The number of hydrogen-bond acceptors (Lipinski definition) is 4. The number of Topliss-reactive ketones (excluding diaryl/α,β-unsaturated/α-hetero) is 1. The fraction of sp³-hybridized carbons (Fsp3) is 0.240. The lowest BCUT2D eigenvalue weighted by atomic mass is 10.0. The smallest absolute Gasteiger partial charge is 0.224 e. The Kier molecular flexibility index (Phi) is 6.60. The highest BCUT2D eigenvalue weighted by Crippen LogP contribution is 2.24. The van der Waals surface area contributed by atoms with Crippen LogP contribution in [0.2, 0.25) is 0 Å². The number of rotatable bonds is 8. The van der Waals surface area contributed by atoms with Gasteiger partial charge in [-0.05, 0) is 66.3 Å². The molecule has 3 aromatic rings. The third kappa shape index (κ3) is 5.36. The molecule has 30 heavy (non-hydrogen) atoms. The lowest BCUT2D eigenvalue weighted by Gasteiger charge is -2.08. The first kappa shape index (κ1) is 20.4. The Morgan fingerprint density at radius 2 is 1.83 bits per heavy atom. The van der Waals surface area contributed by atoms with Crippen molar-refractivity contribution in [1.29, 1.82) is 0 Å². The van der Waals surface area contributed by atoms with E-state index in [-0.39, 0.29) is 24.5 Å². The van der Waals surface area contributed by atoms with Crippen molar-refractivity contribution < 1.29 is 9.59 Å². The van der Waals surface area contributed by atoms with E-state index in [9.17, 15) is 9.59 Å². The predicted molar refractivity (Wildman–Crippen MR) is 121 cm³/mol. The summed E-state index contributed by atoms with van der Waals surface area (Å²) in [6.45, 7) is 0. The van der Waals surface area contributed by atoms with Crippen LogP contribution in [-0.4, -0.2) is 16.7 Å². The molecule has 1 aromatic heterocycles. The lowest BCUT2D eigenvalue weighted by Crippen LogP contribution is -2.13. The predicted octanol–water partition coefficient (Wildman–Crippen LogP) is 5.46. The van der Waals surface area contributed by atoms with E-state index in [0.717, 1.165) is 46.9 Å². The summed E-state index contributed by atoms with van der Waals surface area (Å²) in [4.78, 5) is 29.1. The SMILES string of the molecule is O=C(CCC(=O)c1ccc2c(c1)CCC2)Nc1cccc(CSc2ccccn2)c1. The molecule has 0 aliphatic heterocycles. The minimum Gasteiger partial charge on any atom is -0.326 e. The van der Waals surface area contributed by atoms with Gasteiger partial charge in [-0.1, -0.05) is 30.3 Å². The summed E-state index contributed by atoms with van der Waals surface area (Å²) in [5.41, 5.74) is 5.22. The van der Waals surface area contributed by atoms with E-state index in [0.29, 0.717) is 0 Å². The maximum atomic E-state index is 12.5. The molecule has 0 radical (unpaired) electrons. The number of carbonyl (C=O) groups is 2. The van der Waals surface area contributed by atoms with Crippen molar-refractivity contribution in [2.75, 3.05) is 5.32 Å². The largest absolute Gasteiger partial charge is 0.326 e. The third-order valence-corrected chi connectivity index (χ3v) is 6.25. The quantitative estimate of drug-likeness (QED) is 0.391. The van der Waals surface area contributed by atoms with Crippen LogP contribution in [0.5, 0.6) is 0 Å². The molecule has 1 heterocycles. The minimum atomic E-state index is -0.140. The Hall–Kier alpha value is -2.92. The first-order valence-electron chi connectivity index (χ1n) is 10.2. The number of aryl methyl sites for hydroxylation is 2. The molecule has 1 N–H and O–H groups in total. The molecular formula is C25H24N2O2S. The molecule has 0 saturated heterocycles. The number of amides is 1. The van der Waals surface area contributed by atoms with E-state index < -0.39 is 0 Å². The van der Waals surface area contributed by atoms with Crippen molar-refractivity contribution >= 4 is 29.1 Å². The number of anilines is 1. The van der Waals surface area contributed by atoms with Crippen LogP contribution in [0.3, 0.4) is 0 Å². The highest BCUT2D eigenvalue weighted by Gasteiger charge is 2.15. The van der Waals surface area contributed by atoms with Gasteiger partial charge in [0.2, 0.25) is 5.91 Å². The lowest BCUT2D eigenvalue weighted by molar-refractivity contribution is -0.116.